The fourth-order valence-corrected chi connectivity index (χ4v) is 3.74. The van der Waals surface area contributed by atoms with E-state index in [1.807, 2.05) is 29.2 Å². The SMILES string of the molecule is O=C(O)CC/C=C\C[C@@H]1CCN(C(=O)c2ccccc2O)[C@@H]1c1cccnc1. The predicted molar refractivity (Wildman–Crippen MR) is 105 cm³/mol. The molecule has 1 aliphatic heterocycles. The molecular weight excluding hydrogens is 356 g/mol. The number of nitrogens with zero attached hydrogens (tertiary/aromatic N) is 2. The third-order valence-electron chi connectivity index (χ3n) is 5.07. The van der Waals surface area contributed by atoms with Crippen LogP contribution in [0.4, 0.5) is 0 Å². The smallest absolute Gasteiger partial charge is 0.303 e. The average Bonchev–Trinajstić information content (AvgIpc) is 3.12. The van der Waals surface area contributed by atoms with Crippen LogP contribution in [0.15, 0.2) is 60.9 Å². The van der Waals surface area contributed by atoms with E-state index in [0.717, 1.165) is 18.4 Å². The van der Waals surface area contributed by atoms with Crippen LogP contribution in [0.3, 0.4) is 0 Å². The zero-order valence-electron chi connectivity index (χ0n) is 15.6. The van der Waals surface area contributed by atoms with Gasteiger partial charge in [0, 0.05) is 25.4 Å². The number of para-hydroxylation sites is 1. The number of phenolic OH excluding ortho intramolecular Hbond substituents is 1. The van der Waals surface area contributed by atoms with Gasteiger partial charge in [-0.25, -0.2) is 0 Å². The van der Waals surface area contributed by atoms with Crippen LogP contribution in [0, 0.1) is 5.92 Å². The third kappa shape index (κ3) is 4.57. The van der Waals surface area contributed by atoms with Gasteiger partial charge in [0.25, 0.3) is 5.91 Å². The number of carboxylic acids is 1. The molecule has 2 aromatic rings. The van der Waals surface area contributed by atoms with E-state index >= 15 is 0 Å². The summed E-state index contributed by atoms with van der Waals surface area (Å²) in [5, 5.41) is 18.8. The van der Waals surface area contributed by atoms with Crippen molar-refractivity contribution in [2.45, 2.75) is 31.7 Å². The van der Waals surface area contributed by atoms with Crippen molar-refractivity contribution in [2.75, 3.05) is 6.54 Å². The van der Waals surface area contributed by atoms with Gasteiger partial charge in [-0.2, -0.15) is 0 Å². The van der Waals surface area contributed by atoms with Crippen LogP contribution in [0.5, 0.6) is 5.75 Å². The highest BCUT2D eigenvalue weighted by Crippen LogP contribution is 2.40. The summed E-state index contributed by atoms with van der Waals surface area (Å²) in [4.78, 5) is 29.8. The molecule has 1 aromatic heterocycles. The normalized spacial score (nSPS) is 19.2. The lowest BCUT2D eigenvalue weighted by Gasteiger charge is -2.28. The molecular formula is C22H24N2O4. The minimum absolute atomic E-state index is 0.0190. The Bertz CT molecular complexity index is 851. The highest BCUT2D eigenvalue weighted by atomic mass is 16.4. The number of phenols is 1. The summed E-state index contributed by atoms with van der Waals surface area (Å²) >= 11 is 0. The first-order valence-corrected chi connectivity index (χ1v) is 9.43. The molecule has 0 aliphatic carbocycles. The lowest BCUT2D eigenvalue weighted by atomic mass is 9.91. The number of allylic oxidation sites excluding steroid dienone is 2. The van der Waals surface area contributed by atoms with E-state index in [4.69, 9.17) is 5.11 Å². The number of aliphatic carboxylic acids is 1. The fourth-order valence-electron chi connectivity index (χ4n) is 3.74. The van der Waals surface area contributed by atoms with Gasteiger partial charge in [0.2, 0.25) is 0 Å². The van der Waals surface area contributed by atoms with Gasteiger partial charge in [-0.15, -0.1) is 0 Å². The predicted octanol–water partition coefficient (Wildman–Crippen LogP) is 3.80. The molecule has 3 rings (SSSR count). The van der Waals surface area contributed by atoms with Crippen LogP contribution in [0.1, 0.15) is 47.6 Å². The number of benzene rings is 1. The molecule has 0 radical (unpaired) electrons. The first kappa shape index (κ1) is 19.6. The van der Waals surface area contributed by atoms with Gasteiger partial charge < -0.3 is 15.1 Å². The van der Waals surface area contributed by atoms with E-state index in [2.05, 4.69) is 4.98 Å². The molecule has 1 fully saturated rings. The summed E-state index contributed by atoms with van der Waals surface area (Å²) < 4.78 is 0. The Hall–Kier alpha value is -3.15. The Morgan fingerprint density at radius 1 is 1.18 bits per heavy atom. The molecule has 2 atom stereocenters. The van der Waals surface area contributed by atoms with Crippen molar-refractivity contribution in [3.63, 3.8) is 0 Å². The van der Waals surface area contributed by atoms with Crippen molar-refractivity contribution in [1.82, 2.24) is 9.88 Å². The number of amides is 1. The monoisotopic (exact) mass is 380 g/mol. The number of pyridine rings is 1. The second-order valence-electron chi connectivity index (χ2n) is 6.94. The molecule has 1 aromatic carbocycles. The number of aromatic nitrogens is 1. The molecule has 1 amide bonds. The summed E-state index contributed by atoms with van der Waals surface area (Å²) in [5.41, 5.74) is 1.27. The van der Waals surface area contributed by atoms with Crippen molar-refractivity contribution in [3.05, 3.63) is 72.1 Å². The molecule has 1 aliphatic rings. The summed E-state index contributed by atoms with van der Waals surface area (Å²) in [6.07, 6.45) is 9.58. The molecule has 146 valence electrons. The van der Waals surface area contributed by atoms with Gasteiger partial charge in [0.15, 0.2) is 0 Å². The van der Waals surface area contributed by atoms with E-state index in [1.165, 1.54) is 6.07 Å². The highest BCUT2D eigenvalue weighted by Gasteiger charge is 2.38. The van der Waals surface area contributed by atoms with Gasteiger partial charge in [-0.3, -0.25) is 14.6 Å². The number of hydrogen-bond donors (Lipinski definition) is 2. The van der Waals surface area contributed by atoms with Crippen molar-refractivity contribution in [2.24, 2.45) is 5.92 Å². The average molecular weight is 380 g/mol. The molecule has 0 spiro atoms. The quantitative estimate of drug-likeness (QED) is 0.713. The minimum atomic E-state index is -0.807. The second-order valence-corrected chi connectivity index (χ2v) is 6.94. The van der Waals surface area contributed by atoms with Crippen LogP contribution in [0.2, 0.25) is 0 Å². The van der Waals surface area contributed by atoms with Crippen LogP contribution in [-0.4, -0.2) is 38.5 Å². The standard InChI is InChI=1S/C22H24N2O4/c25-19-10-5-4-9-18(19)22(28)24-14-12-16(7-2-1-3-11-20(26)27)21(24)17-8-6-13-23-15-17/h1-2,4-6,8-10,13,15-16,21,25H,3,7,11-12,14H2,(H,26,27)/b2-1-/t16-,21+/m1/s1. The van der Waals surface area contributed by atoms with E-state index < -0.39 is 5.97 Å². The second kappa shape index (κ2) is 9.17. The number of likely N-dealkylation sites (tertiary alicyclic amines) is 1. The maximum absolute atomic E-state index is 13.1. The molecule has 0 bridgehead atoms. The summed E-state index contributed by atoms with van der Waals surface area (Å²) in [7, 11) is 0. The van der Waals surface area contributed by atoms with Crippen LogP contribution < -0.4 is 0 Å². The van der Waals surface area contributed by atoms with Crippen molar-refractivity contribution in [3.8, 4) is 5.75 Å². The summed E-state index contributed by atoms with van der Waals surface area (Å²) in [6, 6.07) is 10.3. The zero-order chi connectivity index (χ0) is 19.9. The number of carbonyl (C=O) groups excluding carboxylic acids is 1. The molecule has 6 nitrogen and oxygen atoms in total. The Morgan fingerprint density at radius 3 is 2.71 bits per heavy atom. The highest BCUT2D eigenvalue weighted by molar-refractivity contribution is 5.97. The number of carboxylic acid groups (broad SMARTS) is 1. The van der Waals surface area contributed by atoms with Gasteiger partial charge >= 0.3 is 5.97 Å². The van der Waals surface area contributed by atoms with Gasteiger partial charge in [0.1, 0.15) is 5.75 Å². The first-order valence-electron chi connectivity index (χ1n) is 9.43. The van der Waals surface area contributed by atoms with Gasteiger partial charge in [0.05, 0.1) is 11.6 Å². The summed E-state index contributed by atoms with van der Waals surface area (Å²) in [5.74, 6) is -0.808. The summed E-state index contributed by atoms with van der Waals surface area (Å²) in [6.45, 7) is 0.598. The number of rotatable bonds is 7. The zero-order valence-corrected chi connectivity index (χ0v) is 15.6. The molecule has 6 heteroatoms. The molecule has 28 heavy (non-hydrogen) atoms. The molecule has 0 saturated carbocycles. The van der Waals surface area contributed by atoms with Crippen LogP contribution >= 0.6 is 0 Å². The van der Waals surface area contributed by atoms with Crippen LogP contribution in [-0.2, 0) is 4.79 Å². The fraction of sp³-hybridized carbons (Fsp3) is 0.318. The minimum Gasteiger partial charge on any atom is -0.507 e. The van der Waals surface area contributed by atoms with Gasteiger partial charge in [-0.05, 0) is 48.9 Å². The van der Waals surface area contributed by atoms with Crippen molar-refractivity contribution in [1.29, 1.82) is 0 Å². The van der Waals surface area contributed by atoms with E-state index in [1.54, 1.807) is 30.6 Å². The van der Waals surface area contributed by atoms with E-state index in [0.29, 0.717) is 18.5 Å². The number of carbonyl (C=O) groups is 2. The topological polar surface area (TPSA) is 90.7 Å². The maximum Gasteiger partial charge on any atom is 0.303 e. The lowest BCUT2D eigenvalue weighted by molar-refractivity contribution is -0.136. The van der Waals surface area contributed by atoms with Crippen molar-refractivity contribution >= 4 is 11.9 Å². The Morgan fingerprint density at radius 2 is 2.00 bits per heavy atom. The number of aromatic hydroxyl groups is 1. The molecule has 2 N–H and O–H groups in total. The van der Waals surface area contributed by atoms with E-state index in [-0.39, 0.29) is 30.0 Å². The van der Waals surface area contributed by atoms with Crippen molar-refractivity contribution < 1.29 is 19.8 Å². The lowest BCUT2D eigenvalue weighted by Crippen LogP contribution is -2.32. The maximum atomic E-state index is 13.1. The molecule has 1 saturated heterocycles. The van der Waals surface area contributed by atoms with E-state index in [9.17, 15) is 14.7 Å². The largest absolute Gasteiger partial charge is 0.507 e. The third-order valence-corrected chi connectivity index (χ3v) is 5.07. The first-order chi connectivity index (χ1) is 13.6. The Kier molecular flexibility index (Phi) is 6.42. The molecule has 0 unspecified atom stereocenters. The molecule has 2 heterocycles. The Balaban J connectivity index is 1.80. The van der Waals surface area contributed by atoms with Crippen LogP contribution in [0.25, 0.3) is 0 Å². The van der Waals surface area contributed by atoms with Gasteiger partial charge in [-0.1, -0.05) is 30.4 Å². The Labute approximate surface area is 164 Å². The number of hydrogen-bond acceptors (Lipinski definition) is 4.